The van der Waals surface area contributed by atoms with Crippen molar-refractivity contribution >= 4 is 44.7 Å². The molecule has 0 radical (unpaired) electrons. The summed E-state index contributed by atoms with van der Waals surface area (Å²) in [6, 6.07) is 5.41. The van der Waals surface area contributed by atoms with E-state index >= 15 is 0 Å². The molecule has 92 valence electrons. The highest BCUT2D eigenvalue weighted by Gasteiger charge is 2.22. The minimum absolute atomic E-state index is 0.0719. The maximum absolute atomic E-state index is 11.9. The number of nitrogens with one attached hydrogen (secondary N) is 1. The van der Waals surface area contributed by atoms with Crippen molar-refractivity contribution in [3.8, 4) is 0 Å². The van der Waals surface area contributed by atoms with E-state index in [0.717, 1.165) is 4.47 Å². The Hall–Kier alpha value is -0.940. The van der Waals surface area contributed by atoms with Crippen molar-refractivity contribution in [2.45, 2.75) is 20.8 Å². The van der Waals surface area contributed by atoms with Crippen LogP contribution in [0.4, 0.5) is 5.69 Å². The quantitative estimate of drug-likeness (QED) is 0.825. The van der Waals surface area contributed by atoms with Crippen LogP contribution in [0.3, 0.4) is 0 Å². The first-order valence-electron chi connectivity index (χ1n) is 5.12. The standard InChI is InChI=1S/C12H15BrN2OS/c1-12(2,3)11(16)15-9-5-4-7(13)6-8(9)10(14)17/h4-6H,1-3H3,(H2,14,17)(H,15,16). The van der Waals surface area contributed by atoms with E-state index in [-0.39, 0.29) is 10.9 Å². The smallest absolute Gasteiger partial charge is 0.229 e. The Bertz CT molecular complexity index is 466. The summed E-state index contributed by atoms with van der Waals surface area (Å²) in [5.41, 5.74) is 6.47. The molecule has 1 rings (SSSR count). The van der Waals surface area contributed by atoms with Gasteiger partial charge in [0.2, 0.25) is 5.91 Å². The van der Waals surface area contributed by atoms with Crippen LogP contribution in [-0.4, -0.2) is 10.9 Å². The van der Waals surface area contributed by atoms with Gasteiger partial charge in [0, 0.05) is 15.5 Å². The number of carbonyl (C=O) groups is 1. The molecule has 0 unspecified atom stereocenters. The van der Waals surface area contributed by atoms with Crippen molar-refractivity contribution in [2.75, 3.05) is 5.32 Å². The minimum atomic E-state index is -0.458. The highest BCUT2D eigenvalue weighted by Crippen LogP contribution is 2.23. The van der Waals surface area contributed by atoms with E-state index in [2.05, 4.69) is 21.2 Å². The van der Waals surface area contributed by atoms with Gasteiger partial charge in [-0.2, -0.15) is 0 Å². The summed E-state index contributed by atoms with van der Waals surface area (Å²) in [6.07, 6.45) is 0. The number of rotatable bonds is 2. The van der Waals surface area contributed by atoms with Crippen molar-refractivity contribution in [3.63, 3.8) is 0 Å². The normalized spacial score (nSPS) is 11.1. The monoisotopic (exact) mass is 314 g/mol. The van der Waals surface area contributed by atoms with Crippen LogP contribution < -0.4 is 11.1 Å². The summed E-state index contributed by atoms with van der Waals surface area (Å²) in [5, 5.41) is 2.83. The topological polar surface area (TPSA) is 55.1 Å². The minimum Gasteiger partial charge on any atom is -0.389 e. The fraction of sp³-hybridized carbons (Fsp3) is 0.333. The number of benzene rings is 1. The molecule has 17 heavy (non-hydrogen) atoms. The van der Waals surface area contributed by atoms with Crippen LogP contribution in [0, 0.1) is 5.41 Å². The fourth-order valence-electron chi connectivity index (χ4n) is 1.14. The molecule has 3 nitrogen and oxygen atoms in total. The maximum atomic E-state index is 11.9. The number of anilines is 1. The molecule has 0 spiro atoms. The van der Waals surface area contributed by atoms with E-state index in [1.807, 2.05) is 26.8 Å². The highest BCUT2D eigenvalue weighted by molar-refractivity contribution is 9.10. The number of hydrogen-bond donors (Lipinski definition) is 2. The Labute approximate surface area is 115 Å². The summed E-state index contributed by atoms with van der Waals surface area (Å²) in [5.74, 6) is -0.0719. The van der Waals surface area contributed by atoms with Crippen LogP contribution in [0.5, 0.6) is 0 Å². The molecular formula is C12H15BrN2OS. The second kappa shape index (κ2) is 5.14. The molecule has 1 amide bonds. The van der Waals surface area contributed by atoms with Gasteiger partial charge in [-0.15, -0.1) is 0 Å². The highest BCUT2D eigenvalue weighted by atomic mass is 79.9. The van der Waals surface area contributed by atoms with Gasteiger partial charge in [-0.1, -0.05) is 48.9 Å². The lowest BCUT2D eigenvalue weighted by Gasteiger charge is -2.19. The SMILES string of the molecule is CC(C)(C)C(=O)Nc1ccc(Br)cc1C(N)=S. The molecule has 0 aliphatic carbocycles. The van der Waals surface area contributed by atoms with E-state index in [0.29, 0.717) is 11.3 Å². The molecule has 0 aliphatic heterocycles. The predicted octanol–water partition coefficient (Wildman–Crippen LogP) is 3.07. The first kappa shape index (κ1) is 14.1. The Balaban J connectivity index is 3.07. The predicted molar refractivity (Wildman–Crippen MR) is 78.1 cm³/mol. The van der Waals surface area contributed by atoms with Crippen LogP contribution in [-0.2, 0) is 4.79 Å². The third-order valence-electron chi connectivity index (χ3n) is 2.18. The van der Waals surface area contributed by atoms with Crippen LogP contribution in [0.15, 0.2) is 22.7 Å². The summed E-state index contributed by atoms with van der Waals surface area (Å²) >= 11 is 8.30. The van der Waals surface area contributed by atoms with Gasteiger partial charge >= 0.3 is 0 Å². The number of nitrogens with two attached hydrogens (primary N) is 1. The molecule has 3 N–H and O–H groups in total. The molecule has 0 atom stereocenters. The third kappa shape index (κ3) is 3.78. The van der Waals surface area contributed by atoms with Gasteiger partial charge in [0.25, 0.3) is 0 Å². The Morgan fingerprint density at radius 2 is 2.00 bits per heavy atom. The zero-order valence-electron chi connectivity index (χ0n) is 10.0. The Morgan fingerprint density at radius 3 is 2.47 bits per heavy atom. The van der Waals surface area contributed by atoms with Crippen LogP contribution in [0.1, 0.15) is 26.3 Å². The lowest BCUT2D eigenvalue weighted by Crippen LogP contribution is -2.28. The average molecular weight is 315 g/mol. The molecule has 1 aromatic carbocycles. The molecule has 0 saturated heterocycles. The van der Waals surface area contributed by atoms with Crippen molar-refractivity contribution in [3.05, 3.63) is 28.2 Å². The zero-order valence-corrected chi connectivity index (χ0v) is 12.4. The molecular weight excluding hydrogens is 300 g/mol. The van der Waals surface area contributed by atoms with Crippen molar-refractivity contribution in [1.82, 2.24) is 0 Å². The molecule has 0 bridgehead atoms. The molecule has 0 fully saturated rings. The maximum Gasteiger partial charge on any atom is 0.229 e. The molecule has 0 heterocycles. The number of thiocarbonyl (C=S) groups is 1. The second-order valence-electron chi connectivity index (χ2n) is 4.76. The van der Waals surface area contributed by atoms with Crippen molar-refractivity contribution in [2.24, 2.45) is 11.1 Å². The van der Waals surface area contributed by atoms with Gasteiger partial charge < -0.3 is 11.1 Å². The van der Waals surface area contributed by atoms with Crippen LogP contribution in [0.25, 0.3) is 0 Å². The van der Waals surface area contributed by atoms with Crippen molar-refractivity contribution < 1.29 is 4.79 Å². The zero-order chi connectivity index (χ0) is 13.2. The van der Waals surface area contributed by atoms with E-state index in [1.165, 1.54) is 0 Å². The summed E-state index contributed by atoms with van der Waals surface area (Å²) in [6.45, 7) is 5.55. The third-order valence-corrected chi connectivity index (χ3v) is 2.89. The number of hydrogen-bond acceptors (Lipinski definition) is 2. The van der Waals surface area contributed by atoms with Gasteiger partial charge in [0.05, 0.1) is 5.69 Å². The molecule has 0 saturated carbocycles. The first-order valence-corrected chi connectivity index (χ1v) is 6.33. The van der Waals surface area contributed by atoms with Gasteiger partial charge in [-0.05, 0) is 18.2 Å². The van der Waals surface area contributed by atoms with Crippen LogP contribution in [0.2, 0.25) is 0 Å². The Kier molecular flexibility index (Phi) is 4.27. The van der Waals surface area contributed by atoms with Gasteiger partial charge in [0.1, 0.15) is 4.99 Å². The summed E-state index contributed by atoms with van der Waals surface area (Å²) in [4.78, 5) is 12.1. The Morgan fingerprint density at radius 1 is 1.41 bits per heavy atom. The van der Waals surface area contributed by atoms with Gasteiger partial charge in [0.15, 0.2) is 0 Å². The van der Waals surface area contributed by atoms with E-state index in [1.54, 1.807) is 12.1 Å². The van der Waals surface area contributed by atoms with Crippen molar-refractivity contribution in [1.29, 1.82) is 0 Å². The average Bonchev–Trinajstić information content (AvgIpc) is 2.18. The van der Waals surface area contributed by atoms with E-state index in [9.17, 15) is 4.79 Å². The fourth-order valence-corrected chi connectivity index (χ4v) is 1.67. The molecule has 1 aromatic rings. The summed E-state index contributed by atoms with van der Waals surface area (Å²) in [7, 11) is 0. The lowest BCUT2D eigenvalue weighted by atomic mass is 9.95. The number of halogens is 1. The van der Waals surface area contributed by atoms with E-state index in [4.69, 9.17) is 18.0 Å². The first-order chi connectivity index (χ1) is 7.71. The van der Waals surface area contributed by atoms with E-state index < -0.39 is 5.41 Å². The molecule has 5 heteroatoms. The lowest BCUT2D eigenvalue weighted by molar-refractivity contribution is -0.123. The summed E-state index contributed by atoms with van der Waals surface area (Å²) < 4.78 is 0.869. The van der Waals surface area contributed by atoms with Crippen LogP contribution >= 0.6 is 28.1 Å². The van der Waals surface area contributed by atoms with Gasteiger partial charge in [-0.25, -0.2) is 0 Å². The second-order valence-corrected chi connectivity index (χ2v) is 6.11. The van der Waals surface area contributed by atoms with Gasteiger partial charge in [-0.3, -0.25) is 4.79 Å². The molecule has 0 aliphatic rings. The number of amides is 1. The molecule has 0 aromatic heterocycles. The largest absolute Gasteiger partial charge is 0.389 e. The number of carbonyl (C=O) groups excluding carboxylic acids is 1.